The van der Waals surface area contributed by atoms with Crippen LogP contribution in [0.2, 0.25) is 19.1 Å². The minimum Gasteiger partial charge on any atom is -0.418 e. The second-order valence-corrected chi connectivity index (χ2v) is 12.8. The molecule has 0 atom stereocenters. The van der Waals surface area contributed by atoms with Crippen LogP contribution in [0.25, 0.3) is 0 Å². The highest BCUT2D eigenvalue weighted by Crippen LogP contribution is 2.17. The summed E-state index contributed by atoms with van der Waals surface area (Å²) < 4.78 is 5.83. The third kappa shape index (κ3) is 26.4. The van der Waals surface area contributed by atoms with Crippen LogP contribution in [0, 0.1) is 0 Å². The van der Waals surface area contributed by atoms with Gasteiger partial charge in [-0.05, 0) is 32.5 Å². The number of unbranched alkanes of at least 4 members (excludes halogenated alkanes) is 11. The Balaban J connectivity index is 0. The summed E-state index contributed by atoms with van der Waals surface area (Å²) in [4.78, 5) is 10.3. The Labute approximate surface area is 171 Å². The van der Waals surface area contributed by atoms with Crippen LogP contribution in [0.4, 0.5) is 0 Å². The number of thiol groups is 1. The van der Waals surface area contributed by atoms with Gasteiger partial charge in [0.1, 0.15) is 0 Å². The maximum atomic E-state index is 10.3. The fraction of sp³-hybridized carbons (Fsp3) is 0.955. The largest absolute Gasteiger partial charge is 0.418 e. The average molecular weight is 405 g/mol. The lowest BCUT2D eigenvalue weighted by molar-refractivity contribution is -0.110. The Morgan fingerprint density at radius 2 is 1.15 bits per heavy atom. The zero-order chi connectivity index (χ0) is 20.1. The van der Waals surface area contributed by atoms with E-state index in [1.54, 1.807) is 0 Å². The van der Waals surface area contributed by atoms with Crippen LogP contribution in [0.15, 0.2) is 0 Å². The Morgan fingerprint density at radius 1 is 0.731 bits per heavy atom. The summed E-state index contributed by atoms with van der Waals surface area (Å²) in [6.45, 7) is 12.2. The molecule has 0 saturated heterocycles. The van der Waals surface area contributed by atoms with Gasteiger partial charge < -0.3 is 4.43 Å². The van der Waals surface area contributed by atoms with E-state index in [9.17, 15) is 4.79 Å². The van der Waals surface area contributed by atoms with E-state index in [1.165, 1.54) is 83.1 Å². The molecule has 0 radical (unpaired) electrons. The first kappa shape index (κ1) is 28.4. The lowest BCUT2D eigenvalue weighted by Gasteiger charge is -2.21. The van der Waals surface area contributed by atoms with Crippen molar-refractivity contribution in [2.75, 3.05) is 6.61 Å². The maximum absolute atomic E-state index is 10.3. The van der Waals surface area contributed by atoms with E-state index in [2.05, 4.69) is 46.5 Å². The van der Waals surface area contributed by atoms with Gasteiger partial charge in [0.15, 0.2) is 13.4 Å². The van der Waals surface area contributed by atoms with Crippen LogP contribution in [0.3, 0.4) is 0 Å². The topological polar surface area (TPSA) is 26.3 Å². The van der Waals surface area contributed by atoms with Gasteiger partial charge in [0.25, 0.3) is 0 Å². The zero-order valence-corrected chi connectivity index (χ0v) is 20.5. The molecular formula is C22H48O2SSi. The minimum atomic E-state index is -1.28. The smallest absolute Gasteiger partial charge is 0.186 e. The molecule has 0 fully saturated rings. The van der Waals surface area contributed by atoms with E-state index in [4.69, 9.17) is 4.43 Å². The molecule has 4 heteroatoms. The van der Waals surface area contributed by atoms with Gasteiger partial charge in [0.2, 0.25) is 0 Å². The first-order chi connectivity index (χ1) is 12.4. The van der Waals surface area contributed by atoms with Gasteiger partial charge in [-0.3, -0.25) is 4.79 Å². The highest BCUT2D eigenvalue weighted by Gasteiger charge is 2.20. The van der Waals surface area contributed by atoms with Crippen molar-refractivity contribution < 1.29 is 9.22 Å². The molecule has 0 amide bonds. The molecule has 0 unspecified atom stereocenters. The Bertz CT molecular complexity index is 296. The monoisotopic (exact) mass is 404 g/mol. The van der Waals surface area contributed by atoms with E-state index < -0.39 is 8.32 Å². The Morgan fingerprint density at radius 3 is 1.58 bits per heavy atom. The normalized spacial score (nSPS) is 11.2. The molecule has 0 aromatic heterocycles. The van der Waals surface area contributed by atoms with Gasteiger partial charge in [0, 0.05) is 13.0 Å². The van der Waals surface area contributed by atoms with Crippen LogP contribution in [0.1, 0.15) is 111 Å². The third-order valence-corrected chi connectivity index (χ3v) is 7.51. The highest BCUT2D eigenvalue weighted by atomic mass is 32.1. The standard InChI is InChI=1S/C14H32OSi.C8H16OS/c1-5-7-8-9-10-11-12-13-14-16(3,4)15-6-2;1-2-3-4-5-6-7-8(9)10/h5-14H2,1-4H3;2-7H2,1H3,(H,9,10). The van der Waals surface area contributed by atoms with Gasteiger partial charge in [-0.15, -0.1) is 12.6 Å². The van der Waals surface area contributed by atoms with E-state index >= 15 is 0 Å². The van der Waals surface area contributed by atoms with Crippen molar-refractivity contribution >= 4 is 26.1 Å². The second-order valence-electron chi connectivity index (χ2n) is 7.98. The molecule has 0 saturated carbocycles. The molecule has 0 aromatic rings. The number of hydrogen-bond donors (Lipinski definition) is 1. The highest BCUT2D eigenvalue weighted by molar-refractivity contribution is 7.96. The molecule has 0 N–H and O–H groups in total. The summed E-state index contributed by atoms with van der Waals surface area (Å²) in [6, 6.07) is 1.34. The van der Waals surface area contributed by atoms with Crippen molar-refractivity contribution in [3.05, 3.63) is 0 Å². The number of hydrogen-bond acceptors (Lipinski definition) is 2. The van der Waals surface area contributed by atoms with E-state index in [1.807, 2.05) is 0 Å². The van der Waals surface area contributed by atoms with Crippen molar-refractivity contribution in [2.45, 2.75) is 130 Å². The van der Waals surface area contributed by atoms with E-state index in [-0.39, 0.29) is 5.12 Å². The van der Waals surface area contributed by atoms with Crippen LogP contribution >= 0.6 is 12.6 Å². The fourth-order valence-corrected chi connectivity index (χ4v) is 5.21. The van der Waals surface area contributed by atoms with Crippen molar-refractivity contribution in [1.82, 2.24) is 0 Å². The second kappa shape index (κ2) is 21.5. The SMILES string of the molecule is CCCCCCCC(=O)S.CCCCCCCCCC[Si](C)(C)OCC. The molecule has 0 rings (SSSR count). The van der Waals surface area contributed by atoms with Gasteiger partial charge in [-0.25, -0.2) is 0 Å². The lowest BCUT2D eigenvalue weighted by Crippen LogP contribution is -2.29. The van der Waals surface area contributed by atoms with Gasteiger partial charge in [-0.1, -0.05) is 90.9 Å². The van der Waals surface area contributed by atoms with E-state index in [0.29, 0.717) is 6.42 Å². The zero-order valence-electron chi connectivity index (χ0n) is 18.6. The molecule has 0 heterocycles. The van der Waals surface area contributed by atoms with Crippen molar-refractivity contribution in [3.8, 4) is 0 Å². The van der Waals surface area contributed by atoms with Gasteiger partial charge in [-0.2, -0.15) is 0 Å². The molecule has 26 heavy (non-hydrogen) atoms. The molecule has 2 nitrogen and oxygen atoms in total. The first-order valence-electron chi connectivity index (χ1n) is 11.2. The molecule has 0 bridgehead atoms. The average Bonchev–Trinajstić information content (AvgIpc) is 2.57. The Hall–Kier alpha value is 0.197. The van der Waals surface area contributed by atoms with Gasteiger partial charge >= 0.3 is 0 Å². The minimum absolute atomic E-state index is 0.0245. The quantitative estimate of drug-likeness (QED) is 0.150. The predicted octanol–water partition coefficient (Wildman–Crippen LogP) is 8.17. The molecule has 0 aromatic carbocycles. The summed E-state index contributed by atoms with van der Waals surface area (Å²) >= 11 is 3.68. The van der Waals surface area contributed by atoms with Crippen LogP contribution in [-0.2, 0) is 9.22 Å². The molecule has 0 aliphatic carbocycles. The number of rotatable bonds is 17. The van der Waals surface area contributed by atoms with Gasteiger partial charge in [0.05, 0.1) is 0 Å². The molecule has 0 spiro atoms. The first-order valence-corrected chi connectivity index (χ1v) is 14.8. The Kier molecular flexibility index (Phi) is 23.5. The van der Waals surface area contributed by atoms with Crippen molar-refractivity contribution in [3.63, 3.8) is 0 Å². The summed E-state index contributed by atoms with van der Waals surface area (Å²) in [7, 11) is -1.28. The summed E-state index contributed by atoms with van der Waals surface area (Å²) in [5.74, 6) is 0. The van der Waals surface area contributed by atoms with Crippen LogP contribution in [0.5, 0.6) is 0 Å². The third-order valence-electron chi connectivity index (χ3n) is 4.66. The molecule has 158 valence electrons. The predicted molar refractivity (Wildman–Crippen MR) is 124 cm³/mol. The fourth-order valence-electron chi connectivity index (χ4n) is 3.03. The van der Waals surface area contributed by atoms with Crippen LogP contribution in [-0.4, -0.2) is 20.0 Å². The molecule has 0 aliphatic rings. The van der Waals surface area contributed by atoms with Crippen molar-refractivity contribution in [2.24, 2.45) is 0 Å². The maximum Gasteiger partial charge on any atom is 0.186 e. The lowest BCUT2D eigenvalue weighted by atomic mass is 10.1. The van der Waals surface area contributed by atoms with Crippen molar-refractivity contribution in [1.29, 1.82) is 0 Å². The summed E-state index contributed by atoms with van der Waals surface area (Å²) in [5, 5.41) is 0.0245. The summed E-state index contributed by atoms with van der Waals surface area (Å²) in [6.07, 6.45) is 18.0. The van der Waals surface area contributed by atoms with E-state index in [0.717, 1.165) is 13.0 Å². The molecular weight excluding hydrogens is 356 g/mol. The molecule has 0 aliphatic heterocycles. The number of carbonyl (C=O) groups excluding carboxylic acids is 1. The number of carbonyl (C=O) groups is 1. The summed E-state index contributed by atoms with van der Waals surface area (Å²) in [5.41, 5.74) is 0. The van der Waals surface area contributed by atoms with Crippen LogP contribution < -0.4 is 0 Å².